The lowest BCUT2D eigenvalue weighted by Crippen LogP contribution is -2.31. The molecule has 0 spiro atoms. The van der Waals surface area contributed by atoms with Gasteiger partial charge in [0, 0.05) is 26.2 Å². The number of nitrogens with zero attached hydrogens (tertiary/aromatic N) is 1. The van der Waals surface area contributed by atoms with Crippen molar-refractivity contribution >= 4 is 6.21 Å². The second kappa shape index (κ2) is 3.24. The monoisotopic (exact) mass is 155 g/mol. The smallest absolute Gasteiger partial charge is 0.170 e. The van der Waals surface area contributed by atoms with Crippen LogP contribution in [0.2, 0.25) is 0 Å². The Bertz CT molecular complexity index is 165. The van der Waals surface area contributed by atoms with E-state index in [4.69, 9.17) is 0 Å². The molecule has 1 atom stereocenters. The van der Waals surface area contributed by atoms with Crippen LogP contribution in [0.1, 0.15) is 46.0 Å². The first-order valence-electron chi connectivity index (χ1n) is 4.49. The molecule has 2 nitrogen and oxygen atoms in total. The van der Waals surface area contributed by atoms with E-state index in [1.165, 1.54) is 12.8 Å². The van der Waals surface area contributed by atoms with Crippen LogP contribution < -0.4 is 0 Å². The fourth-order valence-corrected chi connectivity index (χ4v) is 1.62. The lowest BCUT2D eigenvalue weighted by molar-refractivity contribution is -0.534. The van der Waals surface area contributed by atoms with Crippen molar-refractivity contribution in [2.75, 3.05) is 0 Å². The molecule has 0 aliphatic carbocycles. The lowest BCUT2D eigenvalue weighted by atomic mass is 9.93. The van der Waals surface area contributed by atoms with Crippen LogP contribution in [0.15, 0.2) is 0 Å². The van der Waals surface area contributed by atoms with Gasteiger partial charge in [0.25, 0.3) is 0 Å². The van der Waals surface area contributed by atoms with E-state index in [0.717, 1.165) is 24.0 Å². The summed E-state index contributed by atoms with van der Waals surface area (Å²) in [5, 5.41) is 11.3. The third-order valence-electron chi connectivity index (χ3n) is 2.58. The Balaban J connectivity index is 2.46. The highest BCUT2D eigenvalue weighted by Gasteiger charge is 2.35. The molecular formula is C9H17NO. The number of rotatable bonds is 3. The minimum Gasteiger partial charge on any atom is -0.624 e. The van der Waals surface area contributed by atoms with Gasteiger partial charge in [-0.3, -0.25) is 0 Å². The normalized spacial score (nSPS) is 30.5. The zero-order valence-electron chi connectivity index (χ0n) is 7.47. The SMILES string of the molecule is CCCC[C@@]1(C)CCC=[N+]1[O-]. The summed E-state index contributed by atoms with van der Waals surface area (Å²) in [6, 6.07) is 0. The number of unbranched alkanes of at least 4 members (excludes halogenated alkanes) is 1. The van der Waals surface area contributed by atoms with E-state index >= 15 is 0 Å². The van der Waals surface area contributed by atoms with Gasteiger partial charge in [-0.1, -0.05) is 13.3 Å². The van der Waals surface area contributed by atoms with Gasteiger partial charge in [-0.25, -0.2) is 4.74 Å². The molecule has 0 bridgehead atoms. The van der Waals surface area contributed by atoms with Gasteiger partial charge in [-0.15, -0.1) is 0 Å². The third kappa shape index (κ3) is 1.73. The Kier molecular flexibility index (Phi) is 2.53. The molecule has 0 saturated heterocycles. The molecule has 1 aliphatic heterocycles. The Labute approximate surface area is 68.5 Å². The fraction of sp³-hybridized carbons (Fsp3) is 0.889. The zero-order valence-corrected chi connectivity index (χ0v) is 7.47. The molecule has 1 aliphatic rings. The van der Waals surface area contributed by atoms with Crippen LogP contribution in [-0.4, -0.2) is 16.5 Å². The van der Waals surface area contributed by atoms with Gasteiger partial charge in [0.15, 0.2) is 11.8 Å². The fourth-order valence-electron chi connectivity index (χ4n) is 1.62. The molecule has 0 amide bonds. The molecule has 0 radical (unpaired) electrons. The number of hydrogen-bond acceptors (Lipinski definition) is 1. The first kappa shape index (κ1) is 8.57. The summed E-state index contributed by atoms with van der Waals surface area (Å²) < 4.78 is 1.16. The van der Waals surface area contributed by atoms with E-state index < -0.39 is 0 Å². The molecule has 2 heteroatoms. The van der Waals surface area contributed by atoms with Gasteiger partial charge >= 0.3 is 0 Å². The second-order valence-corrected chi connectivity index (χ2v) is 3.65. The first-order valence-corrected chi connectivity index (χ1v) is 4.49. The van der Waals surface area contributed by atoms with Crippen molar-refractivity contribution in [3.05, 3.63) is 5.21 Å². The van der Waals surface area contributed by atoms with Crippen molar-refractivity contribution in [1.29, 1.82) is 0 Å². The largest absolute Gasteiger partial charge is 0.624 e. The summed E-state index contributed by atoms with van der Waals surface area (Å²) in [5.41, 5.74) is -0.0734. The Morgan fingerprint density at radius 2 is 2.36 bits per heavy atom. The predicted octanol–water partition coefficient (Wildman–Crippen LogP) is 2.31. The topological polar surface area (TPSA) is 26.1 Å². The van der Waals surface area contributed by atoms with Crippen LogP contribution in [0, 0.1) is 5.21 Å². The van der Waals surface area contributed by atoms with Crippen molar-refractivity contribution in [1.82, 2.24) is 0 Å². The third-order valence-corrected chi connectivity index (χ3v) is 2.58. The quantitative estimate of drug-likeness (QED) is 0.453. The summed E-state index contributed by atoms with van der Waals surface area (Å²) in [4.78, 5) is 0. The van der Waals surface area contributed by atoms with Crippen LogP contribution in [0.25, 0.3) is 0 Å². The molecule has 0 unspecified atom stereocenters. The highest BCUT2D eigenvalue weighted by atomic mass is 16.5. The van der Waals surface area contributed by atoms with E-state index in [1.807, 2.05) is 0 Å². The average molecular weight is 155 g/mol. The van der Waals surface area contributed by atoms with Crippen LogP contribution >= 0.6 is 0 Å². The maximum Gasteiger partial charge on any atom is 0.170 e. The maximum atomic E-state index is 11.3. The second-order valence-electron chi connectivity index (χ2n) is 3.65. The van der Waals surface area contributed by atoms with Crippen molar-refractivity contribution in [2.45, 2.75) is 51.5 Å². The van der Waals surface area contributed by atoms with Crippen LogP contribution in [-0.2, 0) is 0 Å². The Morgan fingerprint density at radius 1 is 1.64 bits per heavy atom. The van der Waals surface area contributed by atoms with Gasteiger partial charge in [0.2, 0.25) is 0 Å². The van der Waals surface area contributed by atoms with Gasteiger partial charge in [0.1, 0.15) is 0 Å². The van der Waals surface area contributed by atoms with E-state index in [1.54, 1.807) is 6.21 Å². The molecule has 0 aromatic heterocycles. The summed E-state index contributed by atoms with van der Waals surface area (Å²) in [6.45, 7) is 4.23. The Morgan fingerprint density at radius 3 is 2.82 bits per heavy atom. The molecule has 1 heterocycles. The summed E-state index contributed by atoms with van der Waals surface area (Å²) >= 11 is 0. The van der Waals surface area contributed by atoms with Crippen LogP contribution in [0.3, 0.4) is 0 Å². The van der Waals surface area contributed by atoms with Gasteiger partial charge in [-0.05, 0) is 6.42 Å². The highest BCUT2D eigenvalue weighted by Crippen LogP contribution is 2.26. The highest BCUT2D eigenvalue weighted by molar-refractivity contribution is 5.53. The number of hydrogen-bond donors (Lipinski definition) is 0. The molecule has 0 fully saturated rings. The zero-order chi connectivity index (χ0) is 8.32. The van der Waals surface area contributed by atoms with Crippen LogP contribution in [0.5, 0.6) is 0 Å². The molecule has 0 N–H and O–H groups in total. The van der Waals surface area contributed by atoms with E-state index in [0.29, 0.717) is 0 Å². The van der Waals surface area contributed by atoms with Crippen molar-refractivity contribution < 1.29 is 4.74 Å². The lowest BCUT2D eigenvalue weighted by Gasteiger charge is -2.22. The molecule has 11 heavy (non-hydrogen) atoms. The molecule has 0 aromatic rings. The van der Waals surface area contributed by atoms with Crippen molar-refractivity contribution in [3.8, 4) is 0 Å². The summed E-state index contributed by atoms with van der Waals surface area (Å²) in [7, 11) is 0. The number of hydroxylamine groups is 1. The van der Waals surface area contributed by atoms with E-state index in [2.05, 4.69) is 13.8 Å². The van der Waals surface area contributed by atoms with Gasteiger partial charge in [0.05, 0.1) is 0 Å². The minimum absolute atomic E-state index is 0.0734. The predicted molar refractivity (Wildman–Crippen MR) is 46.9 cm³/mol. The molecule has 1 rings (SSSR count). The van der Waals surface area contributed by atoms with Crippen LogP contribution in [0.4, 0.5) is 0 Å². The van der Waals surface area contributed by atoms with E-state index in [-0.39, 0.29) is 5.54 Å². The first-order chi connectivity index (χ1) is 5.19. The summed E-state index contributed by atoms with van der Waals surface area (Å²) in [5.74, 6) is 0. The standard InChI is InChI=1S/C9H17NO/c1-3-4-6-9(2)7-5-8-10(9)11/h8H,3-7H2,1-2H3/t9-/m0/s1. The summed E-state index contributed by atoms with van der Waals surface area (Å²) in [6.07, 6.45) is 7.17. The Hall–Kier alpha value is -0.530. The molecule has 0 saturated carbocycles. The van der Waals surface area contributed by atoms with Crippen molar-refractivity contribution in [3.63, 3.8) is 0 Å². The average Bonchev–Trinajstić information content (AvgIpc) is 2.30. The van der Waals surface area contributed by atoms with Gasteiger partial charge < -0.3 is 5.21 Å². The molecular weight excluding hydrogens is 138 g/mol. The van der Waals surface area contributed by atoms with Crippen molar-refractivity contribution in [2.24, 2.45) is 0 Å². The molecule has 0 aromatic carbocycles. The van der Waals surface area contributed by atoms with E-state index in [9.17, 15) is 5.21 Å². The minimum atomic E-state index is -0.0734. The molecule has 64 valence electrons. The maximum absolute atomic E-state index is 11.3. The van der Waals surface area contributed by atoms with Gasteiger partial charge in [-0.2, -0.15) is 0 Å².